The van der Waals surface area contributed by atoms with Crippen LogP contribution in [0.3, 0.4) is 0 Å². The molecule has 2 rings (SSSR count). The largest absolute Gasteiger partial charge is 0.303 e. The molecular formula is C14H20ClNO3S. The molecule has 0 bridgehead atoms. The van der Waals surface area contributed by atoms with Crippen LogP contribution in [0, 0.1) is 0 Å². The van der Waals surface area contributed by atoms with Crippen LogP contribution in [0.1, 0.15) is 31.7 Å². The molecule has 0 aliphatic carbocycles. The fourth-order valence-corrected chi connectivity index (χ4v) is 3.43. The topological polar surface area (TPSA) is 49.8 Å². The summed E-state index contributed by atoms with van der Waals surface area (Å²) in [4.78, 5) is 2.36. The zero-order valence-electron chi connectivity index (χ0n) is 11.5. The molecule has 0 saturated carbocycles. The Kier molecular flexibility index (Phi) is 5.57. The average Bonchev–Trinajstić information content (AvgIpc) is 2.41. The average molecular weight is 318 g/mol. The van der Waals surface area contributed by atoms with Gasteiger partial charge in [0.25, 0.3) is 0 Å². The molecule has 112 valence electrons. The van der Waals surface area contributed by atoms with Crippen molar-refractivity contribution in [1.82, 2.24) is 4.90 Å². The minimum Gasteiger partial charge on any atom is -0.303 e. The van der Waals surface area contributed by atoms with E-state index in [0.717, 1.165) is 31.6 Å². The fourth-order valence-electron chi connectivity index (χ4n) is 2.76. The molecule has 1 aliphatic rings. The van der Waals surface area contributed by atoms with Gasteiger partial charge < -0.3 is 4.90 Å². The molecule has 0 amide bonds. The highest BCUT2D eigenvalue weighted by atomic mass is 35.5. The van der Waals surface area contributed by atoms with Crippen molar-refractivity contribution >= 4 is 23.0 Å². The van der Waals surface area contributed by atoms with E-state index in [1.807, 2.05) is 12.1 Å². The molecule has 1 fully saturated rings. The third-order valence-corrected chi connectivity index (χ3v) is 4.52. The molecule has 1 heterocycles. The fraction of sp³-hybridized carbons (Fsp3) is 0.571. The van der Waals surface area contributed by atoms with Crippen molar-refractivity contribution in [3.63, 3.8) is 0 Å². The summed E-state index contributed by atoms with van der Waals surface area (Å²) in [6.07, 6.45) is 2.53. The Balaban J connectivity index is 2.19. The lowest BCUT2D eigenvalue weighted by molar-refractivity contribution is 0.00160. The summed E-state index contributed by atoms with van der Waals surface area (Å²) in [5, 5.41) is 0.650. The quantitative estimate of drug-likeness (QED) is 0.847. The van der Waals surface area contributed by atoms with Gasteiger partial charge in [-0.2, -0.15) is 4.21 Å². The lowest BCUT2D eigenvalue weighted by Gasteiger charge is -2.40. The summed E-state index contributed by atoms with van der Waals surface area (Å²) in [5.41, 5.74) is 0.231. The van der Waals surface area contributed by atoms with Gasteiger partial charge in [0.2, 0.25) is 0 Å². The number of rotatable bonds is 5. The third kappa shape index (κ3) is 3.80. The lowest BCUT2D eigenvalue weighted by atomic mass is 9.84. The maximum Gasteiger partial charge on any atom is 0.302 e. The van der Waals surface area contributed by atoms with E-state index in [2.05, 4.69) is 11.8 Å². The minimum atomic E-state index is -2.27. The summed E-state index contributed by atoms with van der Waals surface area (Å²) >= 11 is 3.63. The SMILES string of the molecule is CCCN1CCC(OS(=O)O)(c2ccc(Cl)cc2)CC1. The van der Waals surface area contributed by atoms with Crippen LogP contribution >= 0.6 is 11.6 Å². The zero-order valence-corrected chi connectivity index (χ0v) is 13.1. The Labute approximate surface area is 127 Å². The van der Waals surface area contributed by atoms with E-state index in [1.54, 1.807) is 12.1 Å². The molecule has 1 unspecified atom stereocenters. The first kappa shape index (κ1) is 15.9. The lowest BCUT2D eigenvalue weighted by Crippen LogP contribution is -2.44. The maximum atomic E-state index is 11.2. The zero-order chi connectivity index (χ0) is 14.6. The molecule has 1 aromatic carbocycles. The van der Waals surface area contributed by atoms with Crippen molar-refractivity contribution in [3.05, 3.63) is 34.9 Å². The van der Waals surface area contributed by atoms with Crippen LogP contribution < -0.4 is 0 Å². The van der Waals surface area contributed by atoms with E-state index in [9.17, 15) is 4.21 Å². The number of halogens is 1. The Morgan fingerprint density at radius 1 is 1.35 bits per heavy atom. The molecule has 1 aromatic rings. The number of hydrogen-bond donors (Lipinski definition) is 1. The molecule has 0 spiro atoms. The highest BCUT2D eigenvalue weighted by molar-refractivity contribution is 7.74. The van der Waals surface area contributed by atoms with Crippen molar-refractivity contribution in [2.45, 2.75) is 31.8 Å². The van der Waals surface area contributed by atoms with Crippen molar-refractivity contribution in [2.75, 3.05) is 19.6 Å². The Morgan fingerprint density at radius 2 is 1.95 bits per heavy atom. The highest BCUT2D eigenvalue weighted by Gasteiger charge is 2.39. The second-order valence-corrected chi connectivity index (χ2v) is 6.18. The molecule has 1 N–H and O–H groups in total. The van der Waals surface area contributed by atoms with E-state index in [4.69, 9.17) is 20.3 Å². The van der Waals surface area contributed by atoms with E-state index >= 15 is 0 Å². The van der Waals surface area contributed by atoms with Crippen LogP contribution in [0.15, 0.2) is 24.3 Å². The number of nitrogens with zero attached hydrogens (tertiary/aromatic N) is 1. The van der Waals surface area contributed by atoms with Crippen LogP contribution in [0.5, 0.6) is 0 Å². The van der Waals surface area contributed by atoms with E-state index < -0.39 is 17.0 Å². The molecule has 20 heavy (non-hydrogen) atoms. The molecule has 1 saturated heterocycles. The Morgan fingerprint density at radius 3 is 2.45 bits per heavy atom. The van der Waals surface area contributed by atoms with Crippen molar-refractivity contribution in [1.29, 1.82) is 0 Å². The maximum absolute atomic E-state index is 11.2. The summed E-state index contributed by atoms with van der Waals surface area (Å²) in [6, 6.07) is 7.34. The van der Waals surface area contributed by atoms with Crippen LogP contribution in [0.4, 0.5) is 0 Å². The standard InChI is InChI=1S/C14H20ClNO3S/c1-2-9-16-10-7-14(8-11-16,19-20(17)18)12-3-5-13(15)6-4-12/h3-6H,2,7-11H2,1H3,(H,17,18). The molecular weight excluding hydrogens is 298 g/mol. The van der Waals surface area contributed by atoms with Crippen LogP contribution in [0.25, 0.3) is 0 Å². The smallest absolute Gasteiger partial charge is 0.302 e. The minimum absolute atomic E-state index is 0.650. The summed E-state index contributed by atoms with van der Waals surface area (Å²) < 4.78 is 25.7. The number of piperidine rings is 1. The molecule has 6 heteroatoms. The number of likely N-dealkylation sites (tertiary alicyclic amines) is 1. The number of benzene rings is 1. The predicted octanol–water partition coefficient (Wildman–Crippen LogP) is 3.19. The Hall–Kier alpha value is -0.460. The van der Waals surface area contributed by atoms with Crippen molar-refractivity contribution in [3.8, 4) is 0 Å². The first-order valence-electron chi connectivity index (χ1n) is 6.84. The van der Waals surface area contributed by atoms with Gasteiger partial charge >= 0.3 is 11.4 Å². The van der Waals surface area contributed by atoms with Crippen molar-refractivity contribution in [2.24, 2.45) is 0 Å². The van der Waals surface area contributed by atoms with Gasteiger partial charge in [-0.15, -0.1) is 0 Å². The summed E-state index contributed by atoms with van der Waals surface area (Å²) in [5.74, 6) is 0. The number of hydrogen-bond acceptors (Lipinski definition) is 3. The van der Waals surface area contributed by atoms with Gasteiger partial charge in [-0.3, -0.25) is 8.74 Å². The third-order valence-electron chi connectivity index (χ3n) is 3.80. The first-order valence-corrected chi connectivity index (χ1v) is 8.25. The van der Waals surface area contributed by atoms with Gasteiger partial charge in [0, 0.05) is 18.1 Å². The second-order valence-electron chi connectivity index (χ2n) is 5.14. The van der Waals surface area contributed by atoms with E-state index in [-0.39, 0.29) is 0 Å². The highest BCUT2D eigenvalue weighted by Crippen LogP contribution is 2.37. The van der Waals surface area contributed by atoms with Gasteiger partial charge in [0.1, 0.15) is 5.60 Å². The van der Waals surface area contributed by atoms with Gasteiger partial charge in [0.15, 0.2) is 0 Å². The molecule has 1 aliphatic heterocycles. The second kappa shape index (κ2) is 7.00. The van der Waals surface area contributed by atoms with Gasteiger partial charge in [-0.1, -0.05) is 30.7 Å². The molecule has 0 radical (unpaired) electrons. The predicted molar refractivity (Wildman–Crippen MR) is 81.0 cm³/mol. The molecule has 1 atom stereocenters. The monoisotopic (exact) mass is 317 g/mol. The van der Waals surface area contributed by atoms with Crippen molar-refractivity contribution < 1.29 is 12.9 Å². The molecule has 4 nitrogen and oxygen atoms in total. The van der Waals surface area contributed by atoms with E-state index in [0.29, 0.717) is 17.9 Å². The van der Waals surface area contributed by atoms with Crippen LogP contribution in [0.2, 0.25) is 5.02 Å². The Bertz CT molecular complexity index is 458. The van der Waals surface area contributed by atoms with Crippen LogP contribution in [-0.2, 0) is 21.1 Å². The molecule has 0 aromatic heterocycles. The van der Waals surface area contributed by atoms with Gasteiger partial charge in [-0.05, 0) is 43.5 Å². The van der Waals surface area contributed by atoms with Gasteiger partial charge in [0.05, 0.1) is 0 Å². The van der Waals surface area contributed by atoms with Gasteiger partial charge in [-0.25, -0.2) is 0 Å². The van der Waals surface area contributed by atoms with E-state index in [1.165, 1.54) is 0 Å². The van der Waals surface area contributed by atoms with Crippen LogP contribution in [-0.4, -0.2) is 33.3 Å². The summed E-state index contributed by atoms with van der Waals surface area (Å²) in [6.45, 7) is 4.95. The normalized spacial score (nSPS) is 20.8. The first-order chi connectivity index (χ1) is 9.55. The summed E-state index contributed by atoms with van der Waals surface area (Å²) in [7, 11) is 0.